The van der Waals surface area contributed by atoms with Gasteiger partial charge in [0.15, 0.2) is 0 Å². The fraction of sp³-hybridized carbons (Fsp3) is 0.125. The van der Waals surface area contributed by atoms with Gasteiger partial charge >= 0.3 is 0 Å². The zero-order valence-electron chi connectivity index (χ0n) is 10.9. The van der Waals surface area contributed by atoms with Gasteiger partial charge in [0, 0.05) is 12.2 Å². The number of nitrogens with one attached hydrogen (secondary N) is 1. The zero-order valence-corrected chi connectivity index (χ0v) is 10.9. The van der Waals surface area contributed by atoms with Crippen molar-refractivity contribution in [2.75, 3.05) is 16.9 Å². The summed E-state index contributed by atoms with van der Waals surface area (Å²) in [5.74, 6) is 2.36. The van der Waals surface area contributed by atoms with Crippen molar-refractivity contribution in [3.05, 3.63) is 59.9 Å². The average Bonchev–Trinajstić information content (AvgIpc) is 2.49. The molecular weight excluding hydrogens is 255 g/mol. The normalized spacial score (nSPS) is 9.85. The van der Waals surface area contributed by atoms with E-state index in [1.807, 2.05) is 17.0 Å². The van der Waals surface area contributed by atoms with Gasteiger partial charge in [0.2, 0.25) is 0 Å². The second-order valence-electron chi connectivity index (χ2n) is 4.35. The summed E-state index contributed by atoms with van der Waals surface area (Å²) in [7, 11) is 0. The summed E-state index contributed by atoms with van der Waals surface area (Å²) in [6, 6.07) is 13.6. The van der Waals surface area contributed by atoms with Gasteiger partial charge < -0.3 is 4.90 Å². The summed E-state index contributed by atoms with van der Waals surface area (Å²) in [5, 5.41) is 8.80. The van der Waals surface area contributed by atoms with Gasteiger partial charge in [-0.2, -0.15) is 0 Å². The monoisotopic (exact) mass is 270 g/mol. The Morgan fingerprint density at radius 1 is 1.10 bits per heavy atom. The highest BCUT2D eigenvalue weighted by Gasteiger charge is 2.06. The fourth-order valence-corrected chi connectivity index (χ4v) is 1.91. The van der Waals surface area contributed by atoms with Crippen molar-refractivity contribution in [2.45, 2.75) is 6.54 Å². The first-order valence-corrected chi connectivity index (χ1v) is 6.16. The number of nitrogens with zero attached hydrogens (tertiary/aromatic N) is 1. The Balaban J connectivity index is 2.17. The summed E-state index contributed by atoms with van der Waals surface area (Å²) >= 11 is 0. The molecular formula is C16H15FN2O. The molecule has 0 aromatic heterocycles. The van der Waals surface area contributed by atoms with Crippen molar-refractivity contribution >= 4 is 11.4 Å². The van der Waals surface area contributed by atoms with E-state index < -0.39 is 0 Å². The van der Waals surface area contributed by atoms with Gasteiger partial charge in [-0.15, -0.1) is 6.42 Å². The summed E-state index contributed by atoms with van der Waals surface area (Å²) in [6.07, 6.45) is 5.40. The molecule has 4 heteroatoms. The molecule has 0 unspecified atom stereocenters. The Morgan fingerprint density at radius 3 is 2.30 bits per heavy atom. The van der Waals surface area contributed by atoms with E-state index in [4.69, 9.17) is 11.6 Å². The van der Waals surface area contributed by atoms with E-state index in [-0.39, 0.29) is 5.82 Å². The molecule has 3 nitrogen and oxygen atoms in total. The lowest BCUT2D eigenvalue weighted by molar-refractivity contribution is 0.389. The van der Waals surface area contributed by atoms with Crippen molar-refractivity contribution in [3.8, 4) is 12.3 Å². The molecule has 2 aromatic rings. The van der Waals surface area contributed by atoms with Gasteiger partial charge in [-0.25, -0.2) is 4.39 Å². The second-order valence-corrected chi connectivity index (χ2v) is 4.35. The molecule has 0 heterocycles. The van der Waals surface area contributed by atoms with E-state index in [0.717, 1.165) is 11.3 Å². The van der Waals surface area contributed by atoms with Crippen LogP contribution in [0.4, 0.5) is 15.8 Å². The molecule has 0 radical (unpaired) electrons. The molecule has 0 saturated carbocycles. The summed E-state index contributed by atoms with van der Waals surface area (Å²) in [6.45, 7) is 1.04. The molecule has 0 spiro atoms. The van der Waals surface area contributed by atoms with E-state index in [9.17, 15) is 4.39 Å². The van der Waals surface area contributed by atoms with Crippen LogP contribution in [-0.2, 0) is 6.54 Å². The Hall–Kier alpha value is -2.51. The van der Waals surface area contributed by atoms with Crippen molar-refractivity contribution in [2.24, 2.45) is 0 Å². The lowest BCUT2D eigenvalue weighted by Gasteiger charge is -2.22. The van der Waals surface area contributed by atoms with Gasteiger partial charge in [0.05, 0.1) is 12.2 Å². The van der Waals surface area contributed by atoms with Crippen LogP contribution in [0.3, 0.4) is 0 Å². The Morgan fingerprint density at radius 2 is 1.75 bits per heavy atom. The maximum absolute atomic E-state index is 12.9. The smallest absolute Gasteiger partial charge is 0.123 e. The SMILES string of the molecule is C#CCN(Cc1ccc(F)cc1)c1ccc(NO)cc1. The molecule has 0 fully saturated rings. The molecule has 20 heavy (non-hydrogen) atoms. The van der Waals surface area contributed by atoms with Crippen LogP contribution in [0.5, 0.6) is 0 Å². The van der Waals surface area contributed by atoms with E-state index in [2.05, 4.69) is 11.4 Å². The van der Waals surface area contributed by atoms with Gasteiger partial charge in [-0.05, 0) is 42.0 Å². The number of rotatable bonds is 5. The lowest BCUT2D eigenvalue weighted by Crippen LogP contribution is -2.22. The number of halogens is 1. The molecule has 2 aromatic carbocycles. The Labute approximate surface area is 117 Å². The molecule has 0 atom stereocenters. The van der Waals surface area contributed by atoms with Crippen molar-refractivity contribution in [1.82, 2.24) is 0 Å². The number of hydrogen-bond donors (Lipinski definition) is 2. The van der Waals surface area contributed by atoms with Gasteiger partial charge in [-0.1, -0.05) is 18.1 Å². The summed E-state index contributed by atoms with van der Waals surface area (Å²) in [5.41, 5.74) is 4.60. The minimum absolute atomic E-state index is 0.254. The molecule has 0 aliphatic rings. The first-order valence-electron chi connectivity index (χ1n) is 6.16. The summed E-state index contributed by atoms with van der Waals surface area (Å²) in [4.78, 5) is 1.99. The third-order valence-electron chi connectivity index (χ3n) is 2.93. The van der Waals surface area contributed by atoms with Crippen molar-refractivity contribution < 1.29 is 9.60 Å². The Bertz CT molecular complexity index is 587. The third-order valence-corrected chi connectivity index (χ3v) is 2.93. The van der Waals surface area contributed by atoms with Crippen LogP contribution in [0.25, 0.3) is 0 Å². The van der Waals surface area contributed by atoms with Crippen LogP contribution in [0.1, 0.15) is 5.56 Å². The minimum atomic E-state index is -0.254. The van der Waals surface area contributed by atoms with Gasteiger partial charge in [-0.3, -0.25) is 10.7 Å². The zero-order chi connectivity index (χ0) is 14.4. The number of benzene rings is 2. The van der Waals surface area contributed by atoms with Crippen LogP contribution >= 0.6 is 0 Å². The largest absolute Gasteiger partial charge is 0.356 e. The highest BCUT2D eigenvalue weighted by atomic mass is 19.1. The third kappa shape index (κ3) is 3.50. The van der Waals surface area contributed by atoms with Crippen LogP contribution in [0.15, 0.2) is 48.5 Å². The number of anilines is 2. The second kappa shape index (κ2) is 6.60. The van der Waals surface area contributed by atoms with E-state index in [0.29, 0.717) is 18.8 Å². The molecule has 2 N–H and O–H groups in total. The van der Waals surface area contributed by atoms with E-state index >= 15 is 0 Å². The number of hydrogen-bond acceptors (Lipinski definition) is 3. The molecule has 2 rings (SSSR count). The molecule has 0 aliphatic carbocycles. The molecule has 0 amide bonds. The molecule has 102 valence electrons. The highest BCUT2D eigenvalue weighted by molar-refractivity contribution is 5.55. The van der Waals surface area contributed by atoms with E-state index in [1.54, 1.807) is 24.3 Å². The van der Waals surface area contributed by atoms with Gasteiger partial charge in [0.1, 0.15) is 5.82 Å². The van der Waals surface area contributed by atoms with Crippen LogP contribution in [0.2, 0.25) is 0 Å². The van der Waals surface area contributed by atoms with Crippen LogP contribution in [-0.4, -0.2) is 11.8 Å². The van der Waals surface area contributed by atoms with Crippen molar-refractivity contribution in [1.29, 1.82) is 0 Å². The predicted octanol–water partition coefficient (Wildman–Crippen LogP) is 3.27. The molecule has 0 saturated heterocycles. The van der Waals surface area contributed by atoms with Gasteiger partial charge in [0.25, 0.3) is 0 Å². The standard InChI is InChI=1S/C16H15FN2O/c1-2-11-19(12-13-3-5-14(17)6-4-13)16-9-7-15(18-20)8-10-16/h1,3-10,18,20H,11-12H2. The number of terminal acetylenes is 1. The van der Waals surface area contributed by atoms with Crippen molar-refractivity contribution in [3.63, 3.8) is 0 Å². The average molecular weight is 270 g/mol. The van der Waals surface area contributed by atoms with E-state index in [1.165, 1.54) is 12.1 Å². The topological polar surface area (TPSA) is 35.5 Å². The fourth-order valence-electron chi connectivity index (χ4n) is 1.91. The summed E-state index contributed by atoms with van der Waals surface area (Å²) < 4.78 is 12.9. The lowest BCUT2D eigenvalue weighted by atomic mass is 10.2. The first kappa shape index (κ1) is 13.9. The molecule has 0 aliphatic heterocycles. The highest BCUT2D eigenvalue weighted by Crippen LogP contribution is 2.19. The quantitative estimate of drug-likeness (QED) is 0.646. The van der Waals surface area contributed by atoms with Crippen LogP contribution < -0.4 is 10.4 Å². The molecule has 0 bridgehead atoms. The van der Waals surface area contributed by atoms with Crippen LogP contribution in [0, 0.1) is 18.2 Å². The maximum atomic E-state index is 12.9. The minimum Gasteiger partial charge on any atom is -0.356 e. The predicted molar refractivity (Wildman–Crippen MR) is 78.1 cm³/mol. The Kier molecular flexibility index (Phi) is 4.59. The first-order chi connectivity index (χ1) is 9.72. The maximum Gasteiger partial charge on any atom is 0.123 e.